The Balaban J connectivity index is 1.97. The van der Waals surface area contributed by atoms with Gasteiger partial charge in [0, 0.05) is 12.6 Å². The number of aryl methyl sites for hydroxylation is 1. The van der Waals surface area contributed by atoms with E-state index in [4.69, 9.17) is 4.74 Å². The summed E-state index contributed by atoms with van der Waals surface area (Å²) in [4.78, 5) is 0. The molecule has 1 fully saturated rings. The zero-order valence-electron chi connectivity index (χ0n) is 12.1. The van der Waals surface area contributed by atoms with Gasteiger partial charge in [-0.25, -0.2) is 0 Å². The first-order chi connectivity index (χ1) is 9.78. The zero-order valence-corrected chi connectivity index (χ0v) is 12.1. The van der Waals surface area contributed by atoms with Crippen molar-refractivity contribution in [3.05, 3.63) is 53.6 Å². The Labute approximate surface area is 120 Å². The second kappa shape index (κ2) is 5.68. The fourth-order valence-electron chi connectivity index (χ4n) is 2.52. The second-order valence-electron chi connectivity index (χ2n) is 5.49. The highest BCUT2D eigenvalue weighted by Gasteiger charge is 2.20. The van der Waals surface area contributed by atoms with Crippen LogP contribution in [0.5, 0.6) is 5.75 Å². The zero-order chi connectivity index (χ0) is 13.9. The Morgan fingerprint density at radius 3 is 2.60 bits per heavy atom. The van der Waals surface area contributed by atoms with Gasteiger partial charge in [-0.05, 0) is 54.2 Å². The summed E-state index contributed by atoms with van der Waals surface area (Å²) in [5.74, 6) is 0.926. The normalized spacial score (nSPS) is 14.3. The van der Waals surface area contributed by atoms with Gasteiger partial charge in [0.05, 0.1) is 7.11 Å². The summed E-state index contributed by atoms with van der Waals surface area (Å²) in [5.41, 5.74) is 5.23. The molecule has 2 nitrogen and oxygen atoms in total. The van der Waals surface area contributed by atoms with Crippen molar-refractivity contribution in [1.82, 2.24) is 5.32 Å². The third kappa shape index (κ3) is 2.86. The number of rotatable bonds is 5. The Kier molecular flexibility index (Phi) is 3.75. The fourth-order valence-corrected chi connectivity index (χ4v) is 2.52. The highest BCUT2D eigenvalue weighted by molar-refractivity contribution is 5.71. The predicted molar refractivity (Wildman–Crippen MR) is 83.0 cm³/mol. The monoisotopic (exact) mass is 267 g/mol. The van der Waals surface area contributed by atoms with E-state index in [1.807, 2.05) is 6.07 Å². The van der Waals surface area contributed by atoms with E-state index in [0.29, 0.717) is 6.04 Å². The lowest BCUT2D eigenvalue weighted by Gasteiger charge is -2.14. The molecule has 20 heavy (non-hydrogen) atoms. The van der Waals surface area contributed by atoms with Gasteiger partial charge in [0.15, 0.2) is 0 Å². The molecular formula is C18H21NO. The van der Waals surface area contributed by atoms with Gasteiger partial charge in [0.2, 0.25) is 0 Å². The van der Waals surface area contributed by atoms with Crippen molar-refractivity contribution in [3.8, 4) is 16.9 Å². The minimum Gasteiger partial charge on any atom is -0.497 e. The third-order valence-electron chi connectivity index (χ3n) is 3.91. The quantitative estimate of drug-likeness (QED) is 0.886. The number of hydrogen-bond donors (Lipinski definition) is 1. The maximum atomic E-state index is 5.37. The van der Waals surface area contributed by atoms with Gasteiger partial charge < -0.3 is 10.1 Å². The number of benzene rings is 2. The largest absolute Gasteiger partial charge is 0.497 e. The van der Waals surface area contributed by atoms with Crippen molar-refractivity contribution in [3.63, 3.8) is 0 Å². The maximum Gasteiger partial charge on any atom is 0.119 e. The lowest BCUT2D eigenvalue weighted by Crippen LogP contribution is -2.16. The van der Waals surface area contributed by atoms with Crippen LogP contribution in [-0.2, 0) is 6.54 Å². The molecule has 0 aliphatic heterocycles. The van der Waals surface area contributed by atoms with E-state index in [0.717, 1.165) is 12.3 Å². The molecule has 2 aromatic rings. The van der Waals surface area contributed by atoms with Crippen molar-refractivity contribution >= 4 is 0 Å². The average molecular weight is 267 g/mol. The van der Waals surface area contributed by atoms with Crippen LogP contribution in [0.1, 0.15) is 24.0 Å². The minimum absolute atomic E-state index is 0.714. The standard InChI is InChI=1S/C18H21NO/c1-13-5-3-4-6-17(13)18-10-9-16(20-2)11-14(18)12-19-15-7-8-15/h3-6,9-11,15,19H,7-8,12H2,1-2H3. The SMILES string of the molecule is COc1ccc(-c2ccccc2C)c(CNC2CC2)c1. The van der Waals surface area contributed by atoms with Gasteiger partial charge in [-0.1, -0.05) is 30.3 Å². The van der Waals surface area contributed by atoms with Gasteiger partial charge in [0.1, 0.15) is 5.75 Å². The van der Waals surface area contributed by atoms with E-state index in [1.54, 1.807) is 7.11 Å². The molecule has 0 saturated heterocycles. The molecule has 0 amide bonds. The molecule has 1 N–H and O–H groups in total. The lowest BCUT2D eigenvalue weighted by atomic mass is 9.95. The molecule has 2 aromatic carbocycles. The Hall–Kier alpha value is -1.80. The van der Waals surface area contributed by atoms with Crippen LogP contribution >= 0.6 is 0 Å². The van der Waals surface area contributed by atoms with Gasteiger partial charge >= 0.3 is 0 Å². The van der Waals surface area contributed by atoms with Gasteiger partial charge in [-0.15, -0.1) is 0 Å². The molecule has 2 heteroatoms. The molecule has 1 saturated carbocycles. The average Bonchev–Trinajstić information content (AvgIpc) is 3.30. The van der Waals surface area contributed by atoms with Crippen LogP contribution in [0.3, 0.4) is 0 Å². The number of ether oxygens (including phenoxy) is 1. The molecule has 0 atom stereocenters. The smallest absolute Gasteiger partial charge is 0.119 e. The first-order valence-electron chi connectivity index (χ1n) is 7.24. The van der Waals surface area contributed by atoms with E-state index < -0.39 is 0 Å². The molecule has 0 bridgehead atoms. The molecule has 0 heterocycles. The molecular weight excluding hydrogens is 246 g/mol. The third-order valence-corrected chi connectivity index (χ3v) is 3.91. The van der Waals surface area contributed by atoms with Crippen LogP contribution < -0.4 is 10.1 Å². The van der Waals surface area contributed by atoms with Crippen LogP contribution in [0.25, 0.3) is 11.1 Å². The van der Waals surface area contributed by atoms with Crippen LogP contribution in [0.4, 0.5) is 0 Å². The number of hydrogen-bond acceptors (Lipinski definition) is 2. The van der Waals surface area contributed by atoms with Crippen LogP contribution in [0, 0.1) is 6.92 Å². The van der Waals surface area contributed by atoms with Gasteiger partial charge in [-0.2, -0.15) is 0 Å². The molecule has 1 aliphatic rings. The van der Waals surface area contributed by atoms with Crippen molar-refractivity contribution in [1.29, 1.82) is 0 Å². The lowest BCUT2D eigenvalue weighted by molar-refractivity contribution is 0.414. The second-order valence-corrected chi connectivity index (χ2v) is 5.49. The van der Waals surface area contributed by atoms with Gasteiger partial charge in [0.25, 0.3) is 0 Å². The number of nitrogens with one attached hydrogen (secondary N) is 1. The van der Waals surface area contributed by atoms with E-state index in [-0.39, 0.29) is 0 Å². The molecule has 0 radical (unpaired) electrons. The summed E-state index contributed by atoms with van der Waals surface area (Å²) in [6, 6.07) is 15.6. The number of methoxy groups -OCH3 is 1. The van der Waals surface area contributed by atoms with Gasteiger partial charge in [-0.3, -0.25) is 0 Å². The Morgan fingerprint density at radius 1 is 1.10 bits per heavy atom. The van der Waals surface area contributed by atoms with E-state index in [9.17, 15) is 0 Å². The summed E-state index contributed by atoms with van der Waals surface area (Å²) in [6.45, 7) is 3.07. The summed E-state index contributed by atoms with van der Waals surface area (Å²) < 4.78 is 5.37. The van der Waals surface area contributed by atoms with Crippen molar-refractivity contribution in [2.24, 2.45) is 0 Å². The summed E-state index contributed by atoms with van der Waals surface area (Å²) in [7, 11) is 1.72. The highest BCUT2D eigenvalue weighted by Crippen LogP contribution is 2.30. The van der Waals surface area contributed by atoms with Crippen LogP contribution in [0.2, 0.25) is 0 Å². The highest BCUT2D eigenvalue weighted by atomic mass is 16.5. The predicted octanol–water partition coefficient (Wildman–Crippen LogP) is 3.92. The maximum absolute atomic E-state index is 5.37. The molecule has 0 aromatic heterocycles. The van der Waals surface area contributed by atoms with Crippen LogP contribution in [0.15, 0.2) is 42.5 Å². The summed E-state index contributed by atoms with van der Waals surface area (Å²) in [6.07, 6.45) is 2.62. The molecule has 104 valence electrons. The Morgan fingerprint density at radius 2 is 1.90 bits per heavy atom. The first-order valence-corrected chi connectivity index (χ1v) is 7.24. The summed E-state index contributed by atoms with van der Waals surface area (Å²) >= 11 is 0. The van der Waals surface area contributed by atoms with Crippen LogP contribution in [-0.4, -0.2) is 13.2 Å². The minimum atomic E-state index is 0.714. The Bertz CT molecular complexity index is 602. The fraction of sp³-hybridized carbons (Fsp3) is 0.333. The first kappa shape index (κ1) is 13.2. The van der Waals surface area contributed by atoms with E-state index >= 15 is 0 Å². The summed E-state index contributed by atoms with van der Waals surface area (Å²) in [5, 5.41) is 3.60. The topological polar surface area (TPSA) is 21.3 Å². The van der Waals surface area contributed by atoms with Crippen molar-refractivity contribution in [2.75, 3.05) is 7.11 Å². The van der Waals surface area contributed by atoms with Crippen molar-refractivity contribution in [2.45, 2.75) is 32.4 Å². The molecule has 3 rings (SSSR count). The van der Waals surface area contributed by atoms with E-state index in [2.05, 4.69) is 48.6 Å². The van der Waals surface area contributed by atoms with Crippen molar-refractivity contribution < 1.29 is 4.74 Å². The molecule has 1 aliphatic carbocycles. The molecule has 0 unspecified atom stereocenters. The van der Waals surface area contributed by atoms with E-state index in [1.165, 1.54) is 35.1 Å². The molecule has 0 spiro atoms.